The van der Waals surface area contributed by atoms with E-state index in [1.807, 2.05) is 31.2 Å². The first-order valence-corrected chi connectivity index (χ1v) is 11.5. The molecule has 1 fully saturated rings. The molecule has 2 unspecified atom stereocenters. The number of benzene rings is 2. The highest BCUT2D eigenvalue weighted by molar-refractivity contribution is 5.80. The third-order valence-electron chi connectivity index (χ3n) is 6.76. The van der Waals surface area contributed by atoms with Crippen LogP contribution in [-0.4, -0.2) is 53.7 Å². The van der Waals surface area contributed by atoms with Gasteiger partial charge < -0.3 is 20.1 Å². The van der Waals surface area contributed by atoms with Crippen LogP contribution in [0.3, 0.4) is 0 Å². The number of rotatable bonds is 6. The number of aliphatic carboxylic acids is 1. The number of ether oxygens (including phenoxy) is 1. The van der Waals surface area contributed by atoms with Gasteiger partial charge in [-0.25, -0.2) is 4.79 Å². The van der Waals surface area contributed by atoms with Crippen molar-refractivity contribution in [3.63, 3.8) is 0 Å². The van der Waals surface area contributed by atoms with Crippen molar-refractivity contribution in [1.82, 2.24) is 10.2 Å². The van der Waals surface area contributed by atoms with Gasteiger partial charge >= 0.3 is 12.1 Å². The van der Waals surface area contributed by atoms with Gasteiger partial charge in [-0.05, 0) is 41.5 Å². The Hall–Kier alpha value is -3.35. The van der Waals surface area contributed by atoms with Crippen LogP contribution in [0, 0.1) is 11.8 Å². The number of nitrogens with one attached hydrogen (secondary N) is 1. The number of piperidine rings is 1. The van der Waals surface area contributed by atoms with E-state index in [-0.39, 0.29) is 36.8 Å². The molecule has 2 amide bonds. The molecule has 3 atom stereocenters. The third kappa shape index (κ3) is 4.87. The first-order valence-electron chi connectivity index (χ1n) is 11.5. The Bertz CT molecular complexity index is 1010. The van der Waals surface area contributed by atoms with Crippen molar-refractivity contribution in [3.05, 3.63) is 59.7 Å². The number of likely N-dealkylation sites (tertiary alicyclic amines) is 1. The van der Waals surface area contributed by atoms with Gasteiger partial charge in [-0.2, -0.15) is 0 Å². The number of carbonyl (C=O) groups is 3. The number of carbonyl (C=O) groups excluding carboxylic acids is 2. The molecule has 174 valence electrons. The first-order chi connectivity index (χ1) is 15.8. The molecule has 0 radical (unpaired) electrons. The summed E-state index contributed by atoms with van der Waals surface area (Å²) in [4.78, 5) is 38.0. The minimum Gasteiger partial charge on any atom is -0.481 e. The molecule has 0 saturated carbocycles. The molecule has 2 N–H and O–H groups in total. The van der Waals surface area contributed by atoms with Crippen LogP contribution in [0.25, 0.3) is 11.1 Å². The van der Waals surface area contributed by atoms with Gasteiger partial charge in [-0.1, -0.05) is 55.5 Å². The molecule has 4 rings (SSSR count). The van der Waals surface area contributed by atoms with Crippen LogP contribution in [0.2, 0.25) is 0 Å². The molecule has 1 aliphatic heterocycles. The lowest BCUT2D eigenvalue weighted by molar-refractivity contribution is -0.148. The maximum Gasteiger partial charge on any atom is 0.407 e. The van der Waals surface area contributed by atoms with E-state index >= 15 is 0 Å². The second kappa shape index (κ2) is 9.65. The molecule has 2 aromatic carbocycles. The molecule has 0 aromatic heterocycles. The maximum atomic E-state index is 12.6. The van der Waals surface area contributed by atoms with Crippen LogP contribution in [0.1, 0.15) is 43.7 Å². The summed E-state index contributed by atoms with van der Waals surface area (Å²) < 4.78 is 5.55. The average molecular weight is 451 g/mol. The van der Waals surface area contributed by atoms with E-state index in [9.17, 15) is 19.5 Å². The molecular weight excluding hydrogens is 420 g/mol. The summed E-state index contributed by atoms with van der Waals surface area (Å²) in [5, 5.41) is 12.0. The number of fused-ring (bicyclic) bond motifs is 3. The van der Waals surface area contributed by atoms with Crippen molar-refractivity contribution in [3.8, 4) is 11.1 Å². The third-order valence-corrected chi connectivity index (χ3v) is 6.76. The Morgan fingerprint density at radius 1 is 1.09 bits per heavy atom. The van der Waals surface area contributed by atoms with Crippen LogP contribution < -0.4 is 5.32 Å². The fourth-order valence-electron chi connectivity index (χ4n) is 5.02. The highest BCUT2D eigenvalue weighted by Crippen LogP contribution is 2.44. The summed E-state index contributed by atoms with van der Waals surface area (Å²) in [6.45, 7) is 4.70. The molecule has 1 saturated heterocycles. The number of amides is 2. The number of hydrogen-bond donors (Lipinski definition) is 2. The van der Waals surface area contributed by atoms with E-state index in [4.69, 9.17) is 4.74 Å². The quantitative estimate of drug-likeness (QED) is 0.697. The number of alkyl carbamates (subject to hydrolysis) is 1. The molecule has 2 aromatic rings. The van der Waals surface area contributed by atoms with E-state index in [0.717, 1.165) is 11.1 Å². The second-order valence-corrected chi connectivity index (χ2v) is 9.13. The second-order valence-electron chi connectivity index (χ2n) is 9.13. The van der Waals surface area contributed by atoms with Gasteiger partial charge in [-0.15, -0.1) is 0 Å². The lowest BCUT2D eigenvalue weighted by atomic mass is 9.87. The predicted molar refractivity (Wildman–Crippen MR) is 124 cm³/mol. The highest BCUT2D eigenvalue weighted by Gasteiger charge is 2.33. The van der Waals surface area contributed by atoms with Gasteiger partial charge in [0.2, 0.25) is 5.91 Å². The number of carboxylic acids is 1. The van der Waals surface area contributed by atoms with Crippen molar-refractivity contribution in [1.29, 1.82) is 0 Å². The Kier molecular flexibility index (Phi) is 6.67. The topological polar surface area (TPSA) is 95.9 Å². The zero-order chi connectivity index (χ0) is 23.5. The van der Waals surface area contributed by atoms with Crippen LogP contribution >= 0.6 is 0 Å². The van der Waals surface area contributed by atoms with Crippen LogP contribution in [0.5, 0.6) is 0 Å². The van der Waals surface area contributed by atoms with E-state index in [1.165, 1.54) is 11.1 Å². The maximum absolute atomic E-state index is 12.6. The van der Waals surface area contributed by atoms with Gasteiger partial charge in [-0.3, -0.25) is 9.59 Å². The molecular formula is C26H30N2O5. The molecule has 2 aliphatic rings. The van der Waals surface area contributed by atoms with E-state index in [0.29, 0.717) is 19.5 Å². The fourth-order valence-corrected chi connectivity index (χ4v) is 5.02. The predicted octanol–water partition coefficient (Wildman–Crippen LogP) is 3.87. The van der Waals surface area contributed by atoms with Crippen molar-refractivity contribution in [2.24, 2.45) is 11.8 Å². The molecule has 1 aliphatic carbocycles. The van der Waals surface area contributed by atoms with E-state index in [2.05, 4.69) is 29.6 Å². The molecule has 33 heavy (non-hydrogen) atoms. The number of nitrogens with zero attached hydrogens (tertiary/aromatic N) is 1. The van der Waals surface area contributed by atoms with E-state index in [1.54, 1.807) is 11.8 Å². The first kappa shape index (κ1) is 22.8. The Morgan fingerprint density at radius 2 is 1.70 bits per heavy atom. The average Bonchev–Trinajstić information content (AvgIpc) is 3.11. The normalized spacial score (nSPS) is 20.5. The Labute approximate surface area is 193 Å². The van der Waals surface area contributed by atoms with Crippen LogP contribution in [-0.2, 0) is 14.3 Å². The van der Waals surface area contributed by atoms with Crippen molar-refractivity contribution in [2.75, 3.05) is 19.7 Å². The largest absolute Gasteiger partial charge is 0.481 e. The van der Waals surface area contributed by atoms with Gasteiger partial charge in [0, 0.05) is 31.5 Å². The van der Waals surface area contributed by atoms with E-state index < -0.39 is 18.0 Å². The van der Waals surface area contributed by atoms with Crippen molar-refractivity contribution < 1.29 is 24.2 Å². The number of carboxylic acid groups (broad SMARTS) is 1. The summed E-state index contributed by atoms with van der Waals surface area (Å²) in [6, 6.07) is 15.9. The Balaban J connectivity index is 1.28. The Morgan fingerprint density at radius 3 is 2.27 bits per heavy atom. The van der Waals surface area contributed by atoms with Gasteiger partial charge in [0.1, 0.15) is 6.61 Å². The minimum absolute atomic E-state index is 0.0166. The highest BCUT2D eigenvalue weighted by atomic mass is 16.5. The standard InChI is InChI=1S/C26H30N2O5/c1-16-14-28(12-11-18(16)25(30)31)24(29)13-17(2)27-26(32)33-15-23-21-9-5-3-7-19(21)20-8-4-6-10-22(20)23/h3-10,16-18,23H,11-15H2,1-2H3,(H,27,32)(H,30,31)/t16?,17-,18?/m1/s1. The smallest absolute Gasteiger partial charge is 0.407 e. The number of hydrogen-bond acceptors (Lipinski definition) is 4. The zero-order valence-corrected chi connectivity index (χ0v) is 19.0. The summed E-state index contributed by atoms with van der Waals surface area (Å²) in [5.41, 5.74) is 4.63. The zero-order valence-electron chi connectivity index (χ0n) is 19.0. The molecule has 1 heterocycles. The molecule has 7 nitrogen and oxygen atoms in total. The fraction of sp³-hybridized carbons (Fsp3) is 0.423. The molecule has 0 spiro atoms. The summed E-state index contributed by atoms with van der Waals surface area (Å²) in [5.74, 6) is -1.41. The summed E-state index contributed by atoms with van der Waals surface area (Å²) >= 11 is 0. The summed E-state index contributed by atoms with van der Waals surface area (Å²) in [6.07, 6.45) is 0.0561. The van der Waals surface area contributed by atoms with Gasteiger partial charge in [0.25, 0.3) is 0 Å². The van der Waals surface area contributed by atoms with Crippen LogP contribution in [0.4, 0.5) is 4.79 Å². The SMILES string of the molecule is CC1CN(C(=O)C[C@@H](C)NC(=O)OCC2c3ccccc3-c3ccccc32)CCC1C(=O)O. The van der Waals surface area contributed by atoms with Crippen molar-refractivity contribution in [2.45, 2.75) is 38.6 Å². The summed E-state index contributed by atoms with van der Waals surface area (Å²) in [7, 11) is 0. The lowest BCUT2D eigenvalue weighted by Crippen LogP contribution is -2.47. The lowest BCUT2D eigenvalue weighted by Gasteiger charge is -2.35. The van der Waals surface area contributed by atoms with Gasteiger partial charge in [0.05, 0.1) is 5.92 Å². The minimum atomic E-state index is -0.806. The van der Waals surface area contributed by atoms with Gasteiger partial charge in [0.15, 0.2) is 0 Å². The van der Waals surface area contributed by atoms with Crippen LogP contribution in [0.15, 0.2) is 48.5 Å². The molecule has 7 heteroatoms. The molecule has 0 bridgehead atoms. The van der Waals surface area contributed by atoms with Crippen molar-refractivity contribution >= 4 is 18.0 Å². The monoisotopic (exact) mass is 450 g/mol.